The second-order valence-corrected chi connectivity index (χ2v) is 4.75. The first-order valence-electron chi connectivity index (χ1n) is 6.89. The Labute approximate surface area is 120 Å². The predicted octanol–water partition coefficient (Wildman–Crippen LogP) is 2.11. The van der Waals surface area contributed by atoms with Crippen molar-refractivity contribution in [1.82, 2.24) is 5.32 Å². The van der Waals surface area contributed by atoms with E-state index in [2.05, 4.69) is 12.2 Å². The molecule has 0 bridgehead atoms. The molecular formula is C15H24N2O3. The number of hydrogen-bond donors (Lipinski definition) is 2. The fraction of sp³-hybridized carbons (Fsp3) is 0.533. The topological polar surface area (TPSA) is 61.8 Å². The summed E-state index contributed by atoms with van der Waals surface area (Å²) in [6.07, 6.45) is 1.21. The summed E-state index contributed by atoms with van der Waals surface area (Å²) in [7, 11) is 3.50. The predicted molar refractivity (Wildman–Crippen MR) is 80.5 cm³/mol. The summed E-state index contributed by atoms with van der Waals surface area (Å²) < 4.78 is 5.40. The Hall–Kier alpha value is -1.75. The molecule has 1 rings (SSSR count). The van der Waals surface area contributed by atoms with Crippen LogP contribution in [-0.4, -0.2) is 38.3 Å². The van der Waals surface area contributed by atoms with Crippen LogP contribution in [0.25, 0.3) is 0 Å². The lowest BCUT2D eigenvalue weighted by Crippen LogP contribution is -2.21. The third-order valence-electron chi connectivity index (χ3n) is 3.07. The Balaban J connectivity index is 2.73. The van der Waals surface area contributed by atoms with Gasteiger partial charge in [-0.2, -0.15) is 0 Å². The molecule has 0 aromatic heterocycles. The van der Waals surface area contributed by atoms with E-state index in [4.69, 9.17) is 9.84 Å². The number of carboxylic acid groups (broad SMARTS) is 1. The van der Waals surface area contributed by atoms with Gasteiger partial charge in [0.15, 0.2) is 0 Å². The van der Waals surface area contributed by atoms with Crippen molar-refractivity contribution < 1.29 is 14.6 Å². The van der Waals surface area contributed by atoms with Crippen molar-refractivity contribution in [2.24, 2.45) is 0 Å². The summed E-state index contributed by atoms with van der Waals surface area (Å²) in [5.41, 5.74) is 2.07. The Kier molecular flexibility index (Phi) is 6.87. The summed E-state index contributed by atoms with van der Waals surface area (Å²) in [6.45, 7) is 4.39. The Morgan fingerprint density at radius 2 is 2.20 bits per heavy atom. The van der Waals surface area contributed by atoms with Crippen molar-refractivity contribution in [1.29, 1.82) is 0 Å². The van der Waals surface area contributed by atoms with Crippen LogP contribution in [0.5, 0.6) is 5.75 Å². The monoisotopic (exact) mass is 280 g/mol. The molecule has 0 saturated carbocycles. The van der Waals surface area contributed by atoms with E-state index in [9.17, 15) is 4.79 Å². The smallest absolute Gasteiger partial charge is 0.305 e. The van der Waals surface area contributed by atoms with Crippen molar-refractivity contribution in [2.45, 2.75) is 26.3 Å². The molecule has 5 heteroatoms. The number of hydrogen-bond acceptors (Lipinski definition) is 4. The summed E-state index contributed by atoms with van der Waals surface area (Å²) in [6, 6.07) is 6.01. The lowest BCUT2D eigenvalue weighted by Gasteiger charge is -2.21. The van der Waals surface area contributed by atoms with Gasteiger partial charge >= 0.3 is 5.97 Å². The zero-order valence-electron chi connectivity index (χ0n) is 12.5. The quantitative estimate of drug-likeness (QED) is 0.678. The maximum atomic E-state index is 10.6. The SMILES string of the molecule is CCCNCc1ccc(N(C)CCC(=O)O)c(OC)c1. The van der Waals surface area contributed by atoms with Gasteiger partial charge in [-0.25, -0.2) is 0 Å². The van der Waals surface area contributed by atoms with Crippen molar-refractivity contribution in [2.75, 3.05) is 32.1 Å². The van der Waals surface area contributed by atoms with E-state index in [0.717, 1.165) is 36.5 Å². The molecule has 5 nitrogen and oxygen atoms in total. The minimum Gasteiger partial charge on any atom is -0.495 e. The highest BCUT2D eigenvalue weighted by atomic mass is 16.5. The number of ether oxygens (including phenoxy) is 1. The van der Waals surface area contributed by atoms with Crippen molar-refractivity contribution in [3.63, 3.8) is 0 Å². The maximum absolute atomic E-state index is 10.6. The summed E-state index contributed by atoms with van der Waals surface area (Å²) in [5, 5.41) is 12.1. The molecule has 0 saturated heterocycles. The Bertz CT molecular complexity index is 435. The minimum absolute atomic E-state index is 0.111. The van der Waals surface area contributed by atoms with Crippen molar-refractivity contribution >= 4 is 11.7 Å². The first kappa shape index (κ1) is 16.3. The van der Waals surface area contributed by atoms with E-state index in [-0.39, 0.29) is 6.42 Å². The molecule has 0 aliphatic heterocycles. The van der Waals surface area contributed by atoms with Gasteiger partial charge in [-0.15, -0.1) is 0 Å². The molecule has 0 spiro atoms. The third kappa shape index (κ3) is 5.09. The van der Waals surface area contributed by atoms with Crippen molar-refractivity contribution in [3.8, 4) is 5.75 Å². The van der Waals surface area contributed by atoms with Crippen molar-refractivity contribution in [3.05, 3.63) is 23.8 Å². The second-order valence-electron chi connectivity index (χ2n) is 4.75. The average Bonchev–Trinajstić information content (AvgIpc) is 2.44. The van der Waals surface area contributed by atoms with Crippen LogP contribution in [0.1, 0.15) is 25.3 Å². The number of carbonyl (C=O) groups is 1. The van der Waals surface area contributed by atoms with E-state index in [0.29, 0.717) is 6.54 Å². The Morgan fingerprint density at radius 1 is 1.45 bits per heavy atom. The fourth-order valence-electron chi connectivity index (χ4n) is 1.94. The van der Waals surface area contributed by atoms with E-state index in [1.807, 2.05) is 30.1 Å². The largest absolute Gasteiger partial charge is 0.495 e. The molecule has 0 radical (unpaired) electrons. The van der Waals surface area contributed by atoms with Crippen LogP contribution < -0.4 is 15.0 Å². The van der Waals surface area contributed by atoms with Gasteiger partial charge in [0.05, 0.1) is 19.2 Å². The average molecular weight is 280 g/mol. The third-order valence-corrected chi connectivity index (χ3v) is 3.07. The number of nitrogens with zero attached hydrogens (tertiary/aromatic N) is 1. The molecule has 0 fully saturated rings. The van der Waals surface area contributed by atoms with Crippen LogP contribution in [0.3, 0.4) is 0 Å². The lowest BCUT2D eigenvalue weighted by molar-refractivity contribution is -0.136. The molecule has 1 aromatic rings. The molecule has 0 aliphatic carbocycles. The van der Waals surface area contributed by atoms with Crippen LogP contribution in [0.15, 0.2) is 18.2 Å². The molecule has 0 amide bonds. The first-order valence-corrected chi connectivity index (χ1v) is 6.89. The first-order chi connectivity index (χ1) is 9.58. The van der Waals surface area contributed by atoms with Gasteiger partial charge in [0.25, 0.3) is 0 Å². The standard InChI is InChI=1S/C15H24N2O3/c1-4-8-16-11-12-5-6-13(14(10-12)20-3)17(2)9-7-15(18)19/h5-6,10,16H,4,7-9,11H2,1-3H3,(H,18,19). The normalized spacial score (nSPS) is 10.3. The van der Waals surface area contributed by atoms with Gasteiger partial charge in [0.1, 0.15) is 5.75 Å². The van der Waals surface area contributed by atoms with Crippen LogP contribution in [0.4, 0.5) is 5.69 Å². The van der Waals surface area contributed by atoms with Crippen LogP contribution >= 0.6 is 0 Å². The molecule has 2 N–H and O–H groups in total. The van der Waals surface area contributed by atoms with Gasteiger partial charge in [0.2, 0.25) is 0 Å². The van der Waals surface area contributed by atoms with Gasteiger partial charge < -0.3 is 20.1 Å². The zero-order chi connectivity index (χ0) is 15.0. The molecule has 1 aromatic carbocycles. The number of carboxylic acids is 1. The summed E-state index contributed by atoms with van der Waals surface area (Å²) in [4.78, 5) is 12.5. The molecule has 0 atom stereocenters. The molecule has 0 unspecified atom stereocenters. The van der Waals surface area contributed by atoms with Crippen LogP contribution in [0, 0.1) is 0 Å². The molecule has 20 heavy (non-hydrogen) atoms. The highest BCUT2D eigenvalue weighted by molar-refractivity contribution is 5.68. The van der Waals surface area contributed by atoms with E-state index in [1.54, 1.807) is 7.11 Å². The highest BCUT2D eigenvalue weighted by Gasteiger charge is 2.10. The number of nitrogens with one attached hydrogen (secondary N) is 1. The minimum atomic E-state index is -0.795. The van der Waals surface area contributed by atoms with E-state index >= 15 is 0 Å². The maximum Gasteiger partial charge on any atom is 0.305 e. The number of rotatable bonds is 9. The van der Waals surface area contributed by atoms with Crippen LogP contribution in [-0.2, 0) is 11.3 Å². The number of methoxy groups -OCH3 is 1. The van der Waals surface area contributed by atoms with Gasteiger partial charge in [-0.3, -0.25) is 4.79 Å². The number of aliphatic carboxylic acids is 1. The van der Waals surface area contributed by atoms with Gasteiger partial charge in [-0.05, 0) is 30.7 Å². The number of anilines is 1. The van der Waals surface area contributed by atoms with Gasteiger partial charge in [-0.1, -0.05) is 13.0 Å². The molecule has 0 heterocycles. The highest BCUT2D eigenvalue weighted by Crippen LogP contribution is 2.28. The molecule has 112 valence electrons. The Morgan fingerprint density at radius 3 is 2.80 bits per heavy atom. The second kappa shape index (κ2) is 8.43. The van der Waals surface area contributed by atoms with Crippen LogP contribution in [0.2, 0.25) is 0 Å². The van der Waals surface area contributed by atoms with E-state index < -0.39 is 5.97 Å². The van der Waals surface area contributed by atoms with Gasteiger partial charge in [0, 0.05) is 20.1 Å². The molecule has 0 aliphatic rings. The summed E-state index contributed by atoms with van der Waals surface area (Å²) >= 11 is 0. The van der Waals surface area contributed by atoms with E-state index in [1.165, 1.54) is 0 Å². The summed E-state index contributed by atoms with van der Waals surface area (Å²) in [5.74, 6) is -0.0233. The lowest BCUT2D eigenvalue weighted by atomic mass is 10.1. The molecular weight excluding hydrogens is 256 g/mol. The fourth-order valence-corrected chi connectivity index (χ4v) is 1.94. The zero-order valence-corrected chi connectivity index (χ0v) is 12.5. The number of benzene rings is 1.